The van der Waals surface area contributed by atoms with Crippen molar-refractivity contribution in [2.45, 2.75) is 13.8 Å². The van der Waals surface area contributed by atoms with Gasteiger partial charge in [0.1, 0.15) is 5.69 Å². The summed E-state index contributed by atoms with van der Waals surface area (Å²) in [6.07, 6.45) is 0. The molecule has 0 aliphatic rings. The summed E-state index contributed by atoms with van der Waals surface area (Å²) in [6.45, 7) is 4.07. The normalized spacial score (nSPS) is 10.5. The Morgan fingerprint density at radius 2 is 1.95 bits per heavy atom. The lowest BCUT2D eigenvalue weighted by molar-refractivity contribution is 0.0652. The number of rotatable bonds is 3. The molecule has 5 heteroatoms. The Labute approximate surface area is 111 Å². The minimum Gasteiger partial charge on any atom is -0.475 e. The van der Waals surface area contributed by atoms with Crippen LogP contribution in [0.4, 0.5) is 5.69 Å². The summed E-state index contributed by atoms with van der Waals surface area (Å²) in [7, 11) is 3.94. The molecule has 0 atom stereocenters. The molecular formula is C14H16N2O3. The summed E-state index contributed by atoms with van der Waals surface area (Å²) in [5, 5.41) is 12.6. The smallest absolute Gasteiger partial charge is 0.374 e. The van der Waals surface area contributed by atoms with Gasteiger partial charge in [-0.1, -0.05) is 5.16 Å². The van der Waals surface area contributed by atoms with Gasteiger partial charge in [-0.05, 0) is 37.1 Å². The minimum absolute atomic E-state index is 0.153. The third kappa shape index (κ3) is 2.45. The van der Waals surface area contributed by atoms with E-state index in [-0.39, 0.29) is 5.76 Å². The topological polar surface area (TPSA) is 66.6 Å². The molecule has 1 aromatic carbocycles. The van der Waals surface area contributed by atoms with E-state index in [0.717, 1.165) is 16.8 Å². The number of aryl methyl sites for hydroxylation is 1. The number of anilines is 1. The lowest BCUT2D eigenvalue weighted by Gasteiger charge is -2.18. The van der Waals surface area contributed by atoms with Crippen LogP contribution in [0, 0.1) is 13.8 Å². The number of benzene rings is 1. The van der Waals surface area contributed by atoms with Gasteiger partial charge in [-0.3, -0.25) is 0 Å². The Morgan fingerprint density at radius 3 is 2.47 bits per heavy atom. The number of hydrogen-bond donors (Lipinski definition) is 1. The van der Waals surface area contributed by atoms with E-state index in [2.05, 4.69) is 12.1 Å². The number of carboxylic acids is 1. The average Bonchev–Trinajstić information content (AvgIpc) is 2.81. The summed E-state index contributed by atoms with van der Waals surface area (Å²) in [6, 6.07) is 5.39. The molecule has 0 saturated heterocycles. The molecule has 2 aromatic rings. The molecule has 0 bridgehead atoms. The second kappa shape index (κ2) is 4.76. The van der Waals surface area contributed by atoms with E-state index >= 15 is 0 Å². The van der Waals surface area contributed by atoms with E-state index in [4.69, 9.17) is 9.63 Å². The lowest BCUT2D eigenvalue weighted by atomic mass is 10.0. The van der Waals surface area contributed by atoms with Crippen LogP contribution in [0.2, 0.25) is 0 Å². The van der Waals surface area contributed by atoms with Crippen molar-refractivity contribution in [3.05, 3.63) is 35.1 Å². The van der Waals surface area contributed by atoms with E-state index in [1.807, 2.05) is 38.1 Å². The number of hydrogen-bond acceptors (Lipinski definition) is 4. The molecule has 0 aliphatic carbocycles. The molecule has 0 saturated carbocycles. The molecule has 5 nitrogen and oxygen atoms in total. The fourth-order valence-corrected chi connectivity index (χ4v) is 1.97. The molecule has 0 amide bonds. The van der Waals surface area contributed by atoms with Crippen LogP contribution < -0.4 is 4.90 Å². The Hall–Kier alpha value is -2.30. The maximum atomic E-state index is 10.8. The molecular weight excluding hydrogens is 244 g/mol. The first-order valence-corrected chi connectivity index (χ1v) is 5.89. The van der Waals surface area contributed by atoms with Gasteiger partial charge in [-0.2, -0.15) is 0 Å². The van der Waals surface area contributed by atoms with Crippen LogP contribution in [0.5, 0.6) is 0 Å². The van der Waals surface area contributed by atoms with Crippen LogP contribution in [0.3, 0.4) is 0 Å². The summed E-state index contributed by atoms with van der Waals surface area (Å²) in [4.78, 5) is 12.8. The molecule has 1 heterocycles. The van der Waals surface area contributed by atoms with Crippen LogP contribution in [-0.2, 0) is 0 Å². The Morgan fingerprint density at radius 1 is 1.26 bits per heavy atom. The van der Waals surface area contributed by atoms with Crippen LogP contribution >= 0.6 is 0 Å². The van der Waals surface area contributed by atoms with E-state index < -0.39 is 5.97 Å². The van der Waals surface area contributed by atoms with E-state index in [0.29, 0.717) is 5.69 Å². The first-order valence-electron chi connectivity index (χ1n) is 5.89. The quantitative estimate of drug-likeness (QED) is 0.919. The van der Waals surface area contributed by atoms with Crippen LogP contribution in [-0.4, -0.2) is 30.3 Å². The summed E-state index contributed by atoms with van der Waals surface area (Å²) >= 11 is 0. The van der Waals surface area contributed by atoms with Crippen LogP contribution in [0.25, 0.3) is 11.3 Å². The number of carboxylic acid groups (broad SMARTS) is 1. The number of aromatic carboxylic acids is 1. The third-order valence-electron chi connectivity index (χ3n) is 3.14. The van der Waals surface area contributed by atoms with Crippen molar-refractivity contribution in [2.75, 3.05) is 19.0 Å². The van der Waals surface area contributed by atoms with Crippen LogP contribution in [0.1, 0.15) is 21.7 Å². The van der Waals surface area contributed by atoms with E-state index in [1.54, 1.807) is 0 Å². The Bertz CT molecular complexity index is 630. The maximum Gasteiger partial charge on any atom is 0.374 e. The molecule has 0 unspecified atom stereocenters. The van der Waals surface area contributed by atoms with Crippen molar-refractivity contribution in [3.8, 4) is 11.3 Å². The fraction of sp³-hybridized carbons (Fsp3) is 0.286. The zero-order valence-electron chi connectivity index (χ0n) is 11.4. The van der Waals surface area contributed by atoms with Gasteiger partial charge in [0, 0.05) is 31.4 Å². The van der Waals surface area contributed by atoms with Gasteiger partial charge in [-0.15, -0.1) is 0 Å². The molecule has 1 N–H and O–H groups in total. The van der Waals surface area contributed by atoms with Gasteiger partial charge in [0.15, 0.2) is 0 Å². The van der Waals surface area contributed by atoms with Crippen LogP contribution in [0.15, 0.2) is 22.7 Å². The fourth-order valence-electron chi connectivity index (χ4n) is 1.97. The molecule has 19 heavy (non-hydrogen) atoms. The van der Waals surface area contributed by atoms with Crippen molar-refractivity contribution in [2.24, 2.45) is 0 Å². The zero-order valence-corrected chi connectivity index (χ0v) is 11.4. The first kappa shape index (κ1) is 13.1. The molecule has 2 rings (SSSR count). The largest absolute Gasteiger partial charge is 0.475 e. The molecule has 0 aliphatic heterocycles. The molecule has 1 aromatic heterocycles. The zero-order chi connectivity index (χ0) is 14.2. The lowest BCUT2D eigenvalue weighted by Crippen LogP contribution is -2.11. The molecule has 100 valence electrons. The number of nitrogens with zero attached hydrogens (tertiary/aromatic N) is 2. The predicted molar refractivity (Wildman–Crippen MR) is 72.7 cm³/mol. The van der Waals surface area contributed by atoms with Gasteiger partial charge in [0.05, 0.1) is 0 Å². The van der Waals surface area contributed by atoms with E-state index in [9.17, 15) is 4.79 Å². The van der Waals surface area contributed by atoms with Gasteiger partial charge >= 0.3 is 5.97 Å². The van der Waals surface area contributed by atoms with Crippen molar-refractivity contribution in [1.29, 1.82) is 0 Å². The van der Waals surface area contributed by atoms with Crippen molar-refractivity contribution in [1.82, 2.24) is 5.16 Å². The van der Waals surface area contributed by atoms with Gasteiger partial charge < -0.3 is 14.5 Å². The van der Waals surface area contributed by atoms with Gasteiger partial charge in [-0.25, -0.2) is 4.79 Å². The Kier molecular flexibility index (Phi) is 3.29. The number of aromatic nitrogens is 1. The second-order valence-corrected chi connectivity index (χ2v) is 4.71. The third-order valence-corrected chi connectivity index (χ3v) is 3.14. The van der Waals surface area contributed by atoms with Gasteiger partial charge in [0.25, 0.3) is 0 Å². The van der Waals surface area contributed by atoms with Crippen molar-refractivity contribution in [3.63, 3.8) is 0 Å². The highest BCUT2D eigenvalue weighted by molar-refractivity contribution is 5.86. The molecule has 0 fully saturated rings. The summed E-state index contributed by atoms with van der Waals surface area (Å²) in [5.41, 5.74) is 4.78. The predicted octanol–water partition coefficient (Wildman–Crippen LogP) is 2.72. The monoisotopic (exact) mass is 260 g/mol. The molecule has 0 spiro atoms. The highest BCUT2D eigenvalue weighted by atomic mass is 16.5. The SMILES string of the molecule is Cc1cc(-c2cc(C(=O)O)on2)cc(N(C)C)c1C. The Balaban J connectivity index is 2.53. The van der Waals surface area contributed by atoms with Crippen molar-refractivity contribution >= 4 is 11.7 Å². The molecule has 0 radical (unpaired) electrons. The standard InChI is InChI=1S/C14H16N2O3/c1-8-5-10(6-12(9(8)2)16(3)4)11-7-13(14(17)18)19-15-11/h5-7H,1-4H3,(H,17,18). The first-order chi connectivity index (χ1) is 8.90. The summed E-state index contributed by atoms with van der Waals surface area (Å²) < 4.78 is 4.79. The highest BCUT2D eigenvalue weighted by Crippen LogP contribution is 2.29. The van der Waals surface area contributed by atoms with Gasteiger partial charge in [0.2, 0.25) is 5.76 Å². The minimum atomic E-state index is -1.12. The average molecular weight is 260 g/mol. The number of carbonyl (C=O) groups is 1. The van der Waals surface area contributed by atoms with E-state index in [1.165, 1.54) is 11.6 Å². The summed E-state index contributed by atoms with van der Waals surface area (Å²) in [5.74, 6) is -1.27. The maximum absolute atomic E-state index is 10.8. The second-order valence-electron chi connectivity index (χ2n) is 4.71. The van der Waals surface area contributed by atoms with Crippen molar-refractivity contribution < 1.29 is 14.4 Å². The highest BCUT2D eigenvalue weighted by Gasteiger charge is 2.14.